The SMILES string of the molecule is Fc1cccc(F)c1COc1ccc(Cc2nnn[nH]2)cc1. The van der Waals surface area contributed by atoms with E-state index in [2.05, 4.69) is 20.6 Å². The van der Waals surface area contributed by atoms with Crippen molar-refractivity contribution >= 4 is 0 Å². The van der Waals surface area contributed by atoms with Crippen LogP contribution in [0.1, 0.15) is 17.0 Å². The minimum absolute atomic E-state index is 0.0840. The summed E-state index contributed by atoms with van der Waals surface area (Å²) >= 11 is 0. The Morgan fingerprint density at radius 1 is 1.00 bits per heavy atom. The van der Waals surface area contributed by atoms with Gasteiger partial charge in [-0.15, -0.1) is 5.10 Å². The molecule has 0 atom stereocenters. The maximum atomic E-state index is 13.5. The molecule has 0 unspecified atom stereocenters. The fourth-order valence-corrected chi connectivity index (χ4v) is 1.98. The van der Waals surface area contributed by atoms with Gasteiger partial charge >= 0.3 is 0 Å². The van der Waals surface area contributed by atoms with Crippen molar-refractivity contribution in [1.29, 1.82) is 0 Å². The molecule has 0 aliphatic carbocycles. The van der Waals surface area contributed by atoms with E-state index in [9.17, 15) is 8.78 Å². The number of rotatable bonds is 5. The van der Waals surface area contributed by atoms with Gasteiger partial charge in [-0.05, 0) is 40.3 Å². The Morgan fingerprint density at radius 2 is 1.73 bits per heavy atom. The Bertz CT molecular complexity index is 724. The van der Waals surface area contributed by atoms with E-state index in [-0.39, 0.29) is 12.2 Å². The molecule has 0 fully saturated rings. The van der Waals surface area contributed by atoms with Gasteiger partial charge in [0.05, 0.1) is 5.56 Å². The molecule has 0 saturated heterocycles. The number of benzene rings is 2. The van der Waals surface area contributed by atoms with Crippen molar-refractivity contribution in [1.82, 2.24) is 20.6 Å². The number of tetrazole rings is 1. The fourth-order valence-electron chi connectivity index (χ4n) is 1.98. The Hall–Kier alpha value is -2.83. The molecule has 7 heteroatoms. The molecular formula is C15H12F2N4O. The molecule has 0 amide bonds. The van der Waals surface area contributed by atoms with E-state index < -0.39 is 11.6 Å². The molecule has 3 rings (SSSR count). The number of aromatic nitrogens is 4. The number of nitrogens with one attached hydrogen (secondary N) is 1. The van der Waals surface area contributed by atoms with E-state index in [1.54, 1.807) is 12.1 Å². The van der Waals surface area contributed by atoms with Gasteiger partial charge in [-0.2, -0.15) is 0 Å². The zero-order chi connectivity index (χ0) is 15.4. The van der Waals surface area contributed by atoms with Crippen molar-refractivity contribution in [3.05, 3.63) is 71.1 Å². The van der Waals surface area contributed by atoms with Crippen LogP contribution in [0.2, 0.25) is 0 Å². The Balaban J connectivity index is 1.64. The highest BCUT2D eigenvalue weighted by molar-refractivity contribution is 5.29. The predicted octanol–water partition coefficient (Wildman–Crippen LogP) is 2.65. The number of hydrogen-bond acceptors (Lipinski definition) is 4. The van der Waals surface area contributed by atoms with Gasteiger partial charge in [0.1, 0.15) is 24.0 Å². The molecule has 3 aromatic rings. The zero-order valence-electron chi connectivity index (χ0n) is 11.5. The summed E-state index contributed by atoms with van der Waals surface area (Å²) in [4.78, 5) is 0. The highest BCUT2D eigenvalue weighted by atomic mass is 19.1. The molecule has 0 saturated carbocycles. The fraction of sp³-hybridized carbons (Fsp3) is 0.133. The maximum absolute atomic E-state index is 13.5. The second-order valence-electron chi connectivity index (χ2n) is 4.66. The highest BCUT2D eigenvalue weighted by Crippen LogP contribution is 2.18. The second-order valence-corrected chi connectivity index (χ2v) is 4.66. The van der Waals surface area contributed by atoms with Crippen molar-refractivity contribution in [2.45, 2.75) is 13.0 Å². The standard InChI is InChI=1S/C15H12F2N4O/c16-13-2-1-3-14(17)12(13)9-22-11-6-4-10(5-7-11)8-15-18-20-21-19-15/h1-7H,8-9H2,(H,18,19,20,21). The first-order chi connectivity index (χ1) is 10.7. The van der Waals surface area contributed by atoms with Crippen molar-refractivity contribution < 1.29 is 13.5 Å². The van der Waals surface area contributed by atoms with Crippen LogP contribution in [-0.4, -0.2) is 20.6 Å². The van der Waals surface area contributed by atoms with Gasteiger partial charge in [0.2, 0.25) is 0 Å². The van der Waals surface area contributed by atoms with E-state index in [1.165, 1.54) is 18.2 Å². The number of hydrogen-bond donors (Lipinski definition) is 1. The normalized spacial score (nSPS) is 10.6. The van der Waals surface area contributed by atoms with Crippen molar-refractivity contribution in [2.75, 3.05) is 0 Å². The summed E-state index contributed by atoms with van der Waals surface area (Å²) in [6.45, 7) is -0.163. The van der Waals surface area contributed by atoms with Gasteiger partial charge in [0, 0.05) is 6.42 Å². The van der Waals surface area contributed by atoms with Crippen LogP contribution >= 0.6 is 0 Å². The molecule has 1 heterocycles. The molecule has 0 aliphatic heterocycles. The summed E-state index contributed by atoms with van der Waals surface area (Å²) in [6, 6.07) is 10.9. The summed E-state index contributed by atoms with van der Waals surface area (Å²) in [6.07, 6.45) is 0.565. The van der Waals surface area contributed by atoms with E-state index in [0.29, 0.717) is 18.0 Å². The lowest BCUT2D eigenvalue weighted by atomic mass is 10.1. The third-order valence-electron chi connectivity index (χ3n) is 3.13. The second kappa shape index (κ2) is 6.30. The largest absolute Gasteiger partial charge is 0.489 e. The number of nitrogens with zero attached hydrogens (tertiary/aromatic N) is 3. The molecular weight excluding hydrogens is 290 g/mol. The molecule has 0 bridgehead atoms. The van der Waals surface area contributed by atoms with Gasteiger partial charge in [-0.3, -0.25) is 0 Å². The molecule has 22 heavy (non-hydrogen) atoms. The average molecular weight is 302 g/mol. The first-order valence-corrected chi connectivity index (χ1v) is 6.59. The smallest absolute Gasteiger partial charge is 0.152 e. The molecule has 0 radical (unpaired) electrons. The topological polar surface area (TPSA) is 63.7 Å². The molecule has 0 aliphatic rings. The molecule has 1 N–H and O–H groups in total. The molecule has 5 nitrogen and oxygen atoms in total. The van der Waals surface area contributed by atoms with Gasteiger partial charge in [-0.25, -0.2) is 13.9 Å². The van der Waals surface area contributed by atoms with Crippen molar-refractivity contribution in [3.63, 3.8) is 0 Å². The minimum Gasteiger partial charge on any atom is -0.489 e. The van der Waals surface area contributed by atoms with Gasteiger partial charge in [0.25, 0.3) is 0 Å². The lowest BCUT2D eigenvalue weighted by Gasteiger charge is -2.08. The lowest BCUT2D eigenvalue weighted by Crippen LogP contribution is -2.02. The van der Waals surface area contributed by atoms with Crippen LogP contribution < -0.4 is 4.74 Å². The van der Waals surface area contributed by atoms with Crippen LogP contribution in [0.15, 0.2) is 42.5 Å². The van der Waals surface area contributed by atoms with Crippen molar-refractivity contribution in [3.8, 4) is 5.75 Å². The van der Waals surface area contributed by atoms with Crippen LogP contribution in [-0.2, 0) is 13.0 Å². The lowest BCUT2D eigenvalue weighted by molar-refractivity contribution is 0.292. The Morgan fingerprint density at radius 3 is 2.36 bits per heavy atom. The summed E-state index contributed by atoms with van der Waals surface area (Å²) in [7, 11) is 0. The molecule has 2 aromatic carbocycles. The summed E-state index contributed by atoms with van der Waals surface area (Å²) in [5, 5.41) is 13.5. The van der Waals surface area contributed by atoms with Crippen LogP contribution in [0.5, 0.6) is 5.75 Å². The molecule has 1 aromatic heterocycles. The Kier molecular flexibility index (Phi) is 4.04. The monoisotopic (exact) mass is 302 g/mol. The van der Waals surface area contributed by atoms with Crippen LogP contribution in [0.3, 0.4) is 0 Å². The number of ether oxygens (including phenoxy) is 1. The van der Waals surface area contributed by atoms with Crippen LogP contribution in [0.4, 0.5) is 8.78 Å². The van der Waals surface area contributed by atoms with E-state index in [4.69, 9.17) is 4.74 Å². The number of halogens is 2. The highest BCUT2D eigenvalue weighted by Gasteiger charge is 2.09. The summed E-state index contributed by atoms with van der Waals surface area (Å²) < 4.78 is 32.4. The van der Waals surface area contributed by atoms with Gasteiger partial charge < -0.3 is 4.74 Å². The average Bonchev–Trinajstić information content (AvgIpc) is 3.01. The third kappa shape index (κ3) is 3.25. The van der Waals surface area contributed by atoms with Gasteiger partial charge in [0.15, 0.2) is 5.82 Å². The number of aromatic amines is 1. The number of H-pyrrole nitrogens is 1. The van der Waals surface area contributed by atoms with E-state index in [0.717, 1.165) is 5.56 Å². The van der Waals surface area contributed by atoms with Crippen molar-refractivity contribution in [2.24, 2.45) is 0 Å². The third-order valence-corrected chi connectivity index (χ3v) is 3.13. The van der Waals surface area contributed by atoms with E-state index in [1.807, 2.05) is 12.1 Å². The minimum atomic E-state index is -0.616. The quantitative estimate of drug-likeness (QED) is 0.787. The zero-order valence-corrected chi connectivity index (χ0v) is 11.5. The summed E-state index contributed by atoms with van der Waals surface area (Å²) in [5.41, 5.74) is 0.905. The van der Waals surface area contributed by atoms with Gasteiger partial charge in [-0.1, -0.05) is 18.2 Å². The van der Waals surface area contributed by atoms with Crippen LogP contribution in [0.25, 0.3) is 0 Å². The first-order valence-electron chi connectivity index (χ1n) is 6.59. The molecule has 112 valence electrons. The van der Waals surface area contributed by atoms with Crippen LogP contribution in [0, 0.1) is 11.6 Å². The molecule has 0 spiro atoms. The van der Waals surface area contributed by atoms with E-state index >= 15 is 0 Å². The Labute approximate surface area is 124 Å². The predicted molar refractivity (Wildman–Crippen MR) is 74.1 cm³/mol. The summed E-state index contributed by atoms with van der Waals surface area (Å²) in [5.74, 6) is -0.0481. The first kappa shape index (κ1) is 14.1. The maximum Gasteiger partial charge on any atom is 0.152 e.